The summed E-state index contributed by atoms with van der Waals surface area (Å²) in [5.74, 6) is 6.34. The quantitative estimate of drug-likeness (QED) is 0.366. The van der Waals surface area contributed by atoms with Crippen LogP contribution in [-0.2, 0) is 0 Å². The Labute approximate surface area is 102 Å². The fourth-order valence-electron chi connectivity index (χ4n) is 3.34. The number of quaternary nitrogens is 1. The molecule has 0 aromatic rings. The van der Waals surface area contributed by atoms with E-state index in [1.54, 1.807) is 0 Å². The maximum Gasteiger partial charge on any atom is 0.206 e. The van der Waals surface area contributed by atoms with Crippen molar-refractivity contribution in [2.75, 3.05) is 45.8 Å². The van der Waals surface area contributed by atoms with Crippen molar-refractivity contribution < 1.29 is 21.5 Å². The predicted octanol–water partition coefficient (Wildman–Crippen LogP) is -3.24. The highest BCUT2D eigenvalue weighted by Gasteiger charge is 2.56. The molecule has 0 aliphatic carbocycles. The van der Waals surface area contributed by atoms with E-state index >= 15 is 0 Å². The highest BCUT2D eigenvalue weighted by molar-refractivity contribution is 4.98. The van der Waals surface area contributed by atoms with Gasteiger partial charge in [0.15, 0.2) is 0 Å². The van der Waals surface area contributed by atoms with Gasteiger partial charge in [0.05, 0.1) is 26.2 Å². The van der Waals surface area contributed by atoms with E-state index in [1.165, 1.54) is 43.8 Å². The molecule has 0 bridgehead atoms. The number of rotatable bonds is 1. The third-order valence-electron chi connectivity index (χ3n) is 4.05. The van der Waals surface area contributed by atoms with Crippen molar-refractivity contribution in [1.82, 2.24) is 9.80 Å². The lowest BCUT2D eigenvalue weighted by molar-refractivity contribution is -0.930. The second-order valence-corrected chi connectivity index (χ2v) is 4.67. The summed E-state index contributed by atoms with van der Waals surface area (Å²) < 4.78 is 1.24. The van der Waals surface area contributed by atoms with Gasteiger partial charge in [-0.2, -0.15) is 0 Å². The standard InChI is InChI=1S/C11H18N3.BrH/c1-2-3-8-14-9-6-12-4-5-13(7-10-14)11(12)14;/h11H,4-10H2,1H3;1H/q+1;/p-1. The van der Waals surface area contributed by atoms with Gasteiger partial charge >= 0.3 is 0 Å². The summed E-state index contributed by atoms with van der Waals surface area (Å²) in [4.78, 5) is 5.29. The number of halogens is 1. The first-order chi connectivity index (χ1) is 6.86. The maximum absolute atomic E-state index is 3.29. The Bertz CT molecular complexity index is 291. The summed E-state index contributed by atoms with van der Waals surface area (Å²) in [6.45, 7) is 10.8. The largest absolute Gasteiger partial charge is 1.00 e. The van der Waals surface area contributed by atoms with Crippen molar-refractivity contribution in [1.29, 1.82) is 0 Å². The van der Waals surface area contributed by atoms with Gasteiger partial charge in [-0.3, -0.25) is 4.48 Å². The van der Waals surface area contributed by atoms with E-state index in [0.717, 1.165) is 6.54 Å². The van der Waals surface area contributed by atoms with Crippen molar-refractivity contribution in [3.8, 4) is 11.8 Å². The van der Waals surface area contributed by atoms with Crippen LogP contribution in [0.25, 0.3) is 0 Å². The van der Waals surface area contributed by atoms with Crippen molar-refractivity contribution in [2.24, 2.45) is 0 Å². The van der Waals surface area contributed by atoms with Gasteiger partial charge in [-0.15, -0.1) is 5.92 Å². The van der Waals surface area contributed by atoms with E-state index in [0.29, 0.717) is 6.29 Å². The summed E-state index contributed by atoms with van der Waals surface area (Å²) in [7, 11) is 0. The molecule has 0 spiro atoms. The average Bonchev–Trinajstić information content (AvgIpc) is 2.83. The summed E-state index contributed by atoms with van der Waals surface area (Å²) in [5.41, 5.74) is 0. The monoisotopic (exact) mass is 271 g/mol. The zero-order chi connectivity index (χ0) is 9.60. The molecule has 0 saturated carbocycles. The van der Waals surface area contributed by atoms with Gasteiger partial charge in [0.1, 0.15) is 6.54 Å². The fourth-order valence-corrected chi connectivity index (χ4v) is 3.34. The second-order valence-electron chi connectivity index (χ2n) is 4.67. The molecule has 0 amide bonds. The van der Waals surface area contributed by atoms with Crippen molar-refractivity contribution in [3.05, 3.63) is 0 Å². The molecule has 3 heterocycles. The van der Waals surface area contributed by atoms with Gasteiger partial charge in [0.25, 0.3) is 0 Å². The smallest absolute Gasteiger partial charge is 0.206 e. The molecule has 3 saturated heterocycles. The van der Waals surface area contributed by atoms with Gasteiger partial charge in [-0.25, -0.2) is 9.80 Å². The highest BCUT2D eigenvalue weighted by atomic mass is 79.9. The van der Waals surface area contributed by atoms with Gasteiger partial charge in [-0.1, -0.05) is 0 Å². The lowest BCUT2D eigenvalue weighted by Gasteiger charge is -2.32. The van der Waals surface area contributed by atoms with Crippen LogP contribution in [0.4, 0.5) is 0 Å². The van der Waals surface area contributed by atoms with Crippen LogP contribution in [0, 0.1) is 11.8 Å². The zero-order valence-electron chi connectivity index (χ0n) is 9.25. The van der Waals surface area contributed by atoms with Crippen LogP contribution >= 0.6 is 0 Å². The van der Waals surface area contributed by atoms with E-state index in [2.05, 4.69) is 21.6 Å². The molecule has 3 aliphatic rings. The molecule has 0 aromatic heterocycles. The average molecular weight is 272 g/mol. The number of hydrogen-bond acceptors (Lipinski definition) is 2. The zero-order valence-corrected chi connectivity index (χ0v) is 10.8. The van der Waals surface area contributed by atoms with Gasteiger partial charge in [0, 0.05) is 13.1 Å². The summed E-state index contributed by atoms with van der Waals surface area (Å²) in [6, 6.07) is 0. The fraction of sp³-hybridized carbons (Fsp3) is 0.818. The van der Waals surface area contributed by atoms with Crippen LogP contribution in [0.15, 0.2) is 0 Å². The van der Waals surface area contributed by atoms with Crippen LogP contribution in [0.3, 0.4) is 0 Å². The first-order valence-electron chi connectivity index (χ1n) is 5.59. The van der Waals surface area contributed by atoms with Crippen LogP contribution in [0.1, 0.15) is 6.92 Å². The van der Waals surface area contributed by atoms with E-state index in [9.17, 15) is 0 Å². The normalized spacial score (nSPS) is 38.3. The van der Waals surface area contributed by atoms with E-state index < -0.39 is 0 Å². The highest BCUT2D eigenvalue weighted by Crippen LogP contribution is 2.35. The summed E-state index contributed by atoms with van der Waals surface area (Å²) in [5, 5.41) is 0. The van der Waals surface area contributed by atoms with Crippen LogP contribution in [0.5, 0.6) is 0 Å². The van der Waals surface area contributed by atoms with Crippen molar-refractivity contribution in [3.63, 3.8) is 0 Å². The first kappa shape index (κ1) is 11.4. The number of hydrogen-bond donors (Lipinski definition) is 0. The molecule has 0 radical (unpaired) electrons. The Morgan fingerprint density at radius 2 is 1.73 bits per heavy atom. The van der Waals surface area contributed by atoms with E-state index in [1.807, 2.05) is 6.92 Å². The Morgan fingerprint density at radius 3 is 2.27 bits per heavy atom. The molecule has 4 heteroatoms. The van der Waals surface area contributed by atoms with Gasteiger partial charge in [0.2, 0.25) is 6.29 Å². The van der Waals surface area contributed by atoms with E-state index in [4.69, 9.17) is 0 Å². The van der Waals surface area contributed by atoms with Crippen LogP contribution < -0.4 is 17.0 Å². The molecule has 0 N–H and O–H groups in total. The molecule has 3 aliphatic heterocycles. The third-order valence-corrected chi connectivity index (χ3v) is 4.05. The minimum atomic E-state index is 0. The molecule has 3 nitrogen and oxygen atoms in total. The predicted molar refractivity (Wildman–Crippen MR) is 55.2 cm³/mol. The summed E-state index contributed by atoms with van der Waals surface area (Å²) >= 11 is 0. The molecule has 3 rings (SSSR count). The minimum absolute atomic E-state index is 0. The second kappa shape index (κ2) is 4.06. The van der Waals surface area contributed by atoms with Gasteiger partial charge < -0.3 is 17.0 Å². The molecule has 3 fully saturated rings. The molecule has 0 atom stereocenters. The minimum Gasteiger partial charge on any atom is -1.00 e. The Kier molecular flexibility index (Phi) is 3.09. The molecule has 0 unspecified atom stereocenters. The Morgan fingerprint density at radius 1 is 1.13 bits per heavy atom. The summed E-state index contributed by atoms with van der Waals surface area (Å²) in [6.07, 6.45) is 0.691. The lowest BCUT2D eigenvalue weighted by atomic mass is 10.4. The maximum atomic E-state index is 3.29. The van der Waals surface area contributed by atoms with Gasteiger partial charge in [-0.05, 0) is 12.8 Å². The molecule has 84 valence electrons. The molecular weight excluding hydrogens is 254 g/mol. The van der Waals surface area contributed by atoms with Crippen molar-refractivity contribution in [2.45, 2.75) is 13.2 Å². The Hall–Kier alpha value is -0.0800. The molecular formula is C11H18BrN3. The molecule has 15 heavy (non-hydrogen) atoms. The number of nitrogens with zero attached hydrogens (tertiary/aromatic N) is 3. The Balaban J connectivity index is 0.000000853. The topological polar surface area (TPSA) is 6.48 Å². The molecule has 0 aromatic carbocycles. The van der Waals surface area contributed by atoms with Crippen LogP contribution in [-0.4, -0.2) is 66.4 Å². The SMILES string of the molecule is CC#CC[N+]12CCN3CCN(CC1)C32.[Br-]. The third kappa shape index (κ3) is 1.53. The lowest BCUT2D eigenvalue weighted by Crippen LogP contribution is -3.00. The van der Waals surface area contributed by atoms with Crippen molar-refractivity contribution >= 4 is 0 Å². The van der Waals surface area contributed by atoms with E-state index in [-0.39, 0.29) is 17.0 Å². The first-order valence-corrected chi connectivity index (χ1v) is 5.59. The van der Waals surface area contributed by atoms with Crippen LogP contribution in [0.2, 0.25) is 0 Å².